The summed E-state index contributed by atoms with van der Waals surface area (Å²) in [6, 6.07) is 24.6. The zero-order chi connectivity index (χ0) is 14.8. The fraction of sp³-hybridized carbons (Fsp3) is 0.238. The second-order valence-corrected chi connectivity index (χ2v) is 6.16. The van der Waals surface area contributed by atoms with E-state index in [0.717, 1.165) is 6.54 Å². The molecule has 110 valence electrons. The number of hydrogen-bond acceptors (Lipinski definition) is 1. The summed E-state index contributed by atoms with van der Waals surface area (Å²) in [4.78, 5) is 0. The third-order valence-electron chi connectivity index (χ3n) is 4.79. The van der Waals surface area contributed by atoms with Gasteiger partial charge in [0.2, 0.25) is 0 Å². The van der Waals surface area contributed by atoms with Gasteiger partial charge in [-0.05, 0) is 46.7 Å². The van der Waals surface area contributed by atoms with Crippen molar-refractivity contribution in [3.8, 4) is 0 Å². The lowest BCUT2D eigenvalue weighted by molar-refractivity contribution is 0.460. The lowest BCUT2D eigenvalue weighted by atomic mass is 9.87. The molecule has 0 saturated carbocycles. The van der Waals surface area contributed by atoms with Crippen LogP contribution in [-0.2, 0) is 13.0 Å². The summed E-state index contributed by atoms with van der Waals surface area (Å²) < 4.78 is 0. The molecule has 4 rings (SSSR count). The van der Waals surface area contributed by atoms with Crippen molar-refractivity contribution in [3.05, 3.63) is 83.4 Å². The number of rotatable bonds is 3. The van der Waals surface area contributed by atoms with Gasteiger partial charge in [0.1, 0.15) is 0 Å². The smallest absolute Gasteiger partial charge is 0.0326 e. The molecule has 0 heterocycles. The van der Waals surface area contributed by atoms with E-state index in [1.807, 2.05) is 0 Å². The highest BCUT2D eigenvalue weighted by Gasteiger charge is 2.19. The fourth-order valence-corrected chi connectivity index (χ4v) is 3.65. The van der Waals surface area contributed by atoms with Crippen molar-refractivity contribution in [1.82, 2.24) is 5.32 Å². The van der Waals surface area contributed by atoms with Crippen molar-refractivity contribution in [2.24, 2.45) is 0 Å². The first kappa shape index (κ1) is 13.5. The zero-order valence-corrected chi connectivity index (χ0v) is 12.8. The predicted octanol–water partition coefficient (Wildman–Crippen LogP) is 5.01. The first-order valence-corrected chi connectivity index (χ1v) is 8.19. The van der Waals surface area contributed by atoms with Gasteiger partial charge in [0, 0.05) is 12.6 Å². The van der Waals surface area contributed by atoms with Crippen LogP contribution in [0.2, 0.25) is 0 Å². The van der Waals surface area contributed by atoms with Crippen molar-refractivity contribution < 1.29 is 0 Å². The second-order valence-electron chi connectivity index (χ2n) is 6.16. The highest BCUT2D eigenvalue weighted by Crippen LogP contribution is 2.30. The lowest BCUT2D eigenvalue weighted by Crippen LogP contribution is -2.24. The molecular weight excluding hydrogens is 266 g/mol. The van der Waals surface area contributed by atoms with Crippen LogP contribution >= 0.6 is 0 Å². The summed E-state index contributed by atoms with van der Waals surface area (Å²) in [6.07, 6.45) is 3.74. The Labute approximate surface area is 132 Å². The minimum Gasteiger partial charge on any atom is -0.306 e. The topological polar surface area (TPSA) is 12.0 Å². The molecule has 1 N–H and O–H groups in total. The number of fused-ring (bicyclic) bond motifs is 2. The summed E-state index contributed by atoms with van der Waals surface area (Å²) in [5, 5.41) is 6.47. The van der Waals surface area contributed by atoms with Gasteiger partial charge in [0.25, 0.3) is 0 Å². The van der Waals surface area contributed by atoms with Gasteiger partial charge in [-0.25, -0.2) is 0 Å². The molecule has 0 bridgehead atoms. The lowest BCUT2D eigenvalue weighted by Gasteiger charge is -2.26. The Morgan fingerprint density at radius 1 is 0.864 bits per heavy atom. The van der Waals surface area contributed by atoms with Crippen LogP contribution < -0.4 is 5.32 Å². The molecule has 0 unspecified atom stereocenters. The van der Waals surface area contributed by atoms with E-state index < -0.39 is 0 Å². The molecule has 0 aromatic heterocycles. The number of aryl methyl sites for hydroxylation is 1. The van der Waals surface area contributed by atoms with Crippen LogP contribution in [0.25, 0.3) is 10.8 Å². The minimum absolute atomic E-state index is 0.490. The fourth-order valence-electron chi connectivity index (χ4n) is 3.65. The van der Waals surface area contributed by atoms with Crippen molar-refractivity contribution in [2.45, 2.75) is 31.8 Å². The van der Waals surface area contributed by atoms with Crippen LogP contribution in [0, 0.1) is 0 Å². The summed E-state index contributed by atoms with van der Waals surface area (Å²) in [6.45, 7) is 0.931. The van der Waals surface area contributed by atoms with Crippen LogP contribution in [0.4, 0.5) is 0 Å². The Hall–Kier alpha value is -2.12. The van der Waals surface area contributed by atoms with Crippen molar-refractivity contribution in [3.63, 3.8) is 0 Å². The average Bonchev–Trinajstić information content (AvgIpc) is 2.60. The van der Waals surface area contributed by atoms with E-state index in [1.54, 1.807) is 0 Å². The Balaban J connectivity index is 1.58. The van der Waals surface area contributed by atoms with Gasteiger partial charge in [0.05, 0.1) is 0 Å². The monoisotopic (exact) mass is 287 g/mol. The third kappa shape index (κ3) is 2.53. The molecule has 1 aliphatic rings. The van der Waals surface area contributed by atoms with Gasteiger partial charge in [-0.2, -0.15) is 0 Å². The van der Waals surface area contributed by atoms with E-state index in [0.29, 0.717) is 6.04 Å². The highest BCUT2D eigenvalue weighted by atomic mass is 14.9. The predicted molar refractivity (Wildman–Crippen MR) is 92.9 cm³/mol. The first-order valence-electron chi connectivity index (χ1n) is 8.19. The van der Waals surface area contributed by atoms with E-state index in [1.165, 1.54) is 46.7 Å². The first-order chi connectivity index (χ1) is 10.9. The zero-order valence-electron chi connectivity index (χ0n) is 12.8. The molecule has 0 amide bonds. The van der Waals surface area contributed by atoms with Crippen LogP contribution in [0.15, 0.2) is 66.7 Å². The van der Waals surface area contributed by atoms with Gasteiger partial charge in [0.15, 0.2) is 0 Å². The molecule has 3 aromatic rings. The van der Waals surface area contributed by atoms with Crippen LogP contribution in [0.3, 0.4) is 0 Å². The van der Waals surface area contributed by atoms with Crippen LogP contribution in [0.5, 0.6) is 0 Å². The Bertz CT molecular complexity index is 785. The normalized spacial score (nSPS) is 17.4. The molecule has 3 aromatic carbocycles. The molecule has 1 atom stereocenters. The van der Waals surface area contributed by atoms with E-state index in [4.69, 9.17) is 0 Å². The van der Waals surface area contributed by atoms with Gasteiger partial charge in [-0.3, -0.25) is 0 Å². The molecule has 1 nitrogen and oxygen atoms in total. The van der Waals surface area contributed by atoms with E-state index in [2.05, 4.69) is 72.0 Å². The number of nitrogens with one attached hydrogen (secondary N) is 1. The summed E-state index contributed by atoms with van der Waals surface area (Å²) >= 11 is 0. The quantitative estimate of drug-likeness (QED) is 0.714. The van der Waals surface area contributed by atoms with Crippen LogP contribution in [0.1, 0.15) is 35.6 Å². The van der Waals surface area contributed by atoms with Crippen molar-refractivity contribution in [1.29, 1.82) is 0 Å². The highest BCUT2D eigenvalue weighted by molar-refractivity contribution is 5.85. The molecule has 1 aliphatic carbocycles. The maximum absolute atomic E-state index is 3.79. The second kappa shape index (κ2) is 5.94. The summed E-state index contributed by atoms with van der Waals surface area (Å²) in [5.74, 6) is 0. The van der Waals surface area contributed by atoms with E-state index in [9.17, 15) is 0 Å². The summed E-state index contributed by atoms with van der Waals surface area (Å²) in [7, 11) is 0. The maximum Gasteiger partial charge on any atom is 0.0326 e. The minimum atomic E-state index is 0.490. The molecule has 0 fully saturated rings. The Kier molecular flexibility index (Phi) is 3.65. The maximum atomic E-state index is 3.79. The standard InChI is InChI=1S/C21H21N/c1-3-12-19-16(7-1)9-5-11-18(19)15-22-21-14-6-10-17-8-2-4-13-20(17)21/h1-5,7-9,11-13,21-22H,6,10,14-15H2/t21-/m0/s1. The van der Waals surface area contributed by atoms with Gasteiger partial charge >= 0.3 is 0 Å². The molecule has 0 radical (unpaired) electrons. The van der Waals surface area contributed by atoms with E-state index in [-0.39, 0.29) is 0 Å². The van der Waals surface area contributed by atoms with Gasteiger partial charge < -0.3 is 5.32 Å². The largest absolute Gasteiger partial charge is 0.306 e. The Morgan fingerprint density at radius 2 is 1.68 bits per heavy atom. The molecule has 22 heavy (non-hydrogen) atoms. The van der Waals surface area contributed by atoms with E-state index >= 15 is 0 Å². The van der Waals surface area contributed by atoms with Crippen molar-refractivity contribution in [2.75, 3.05) is 0 Å². The molecule has 0 spiro atoms. The van der Waals surface area contributed by atoms with Gasteiger partial charge in [-0.15, -0.1) is 0 Å². The number of hydrogen-bond donors (Lipinski definition) is 1. The molecule has 0 aliphatic heterocycles. The Morgan fingerprint density at radius 3 is 2.68 bits per heavy atom. The third-order valence-corrected chi connectivity index (χ3v) is 4.79. The molecule has 1 heteroatoms. The number of benzene rings is 3. The SMILES string of the molecule is c1ccc2c(c1)CCC[C@@H]2NCc1cccc2ccccc12. The van der Waals surface area contributed by atoms with Crippen LogP contribution in [-0.4, -0.2) is 0 Å². The van der Waals surface area contributed by atoms with Gasteiger partial charge in [-0.1, -0.05) is 66.7 Å². The average molecular weight is 287 g/mol. The van der Waals surface area contributed by atoms with Crippen molar-refractivity contribution >= 4 is 10.8 Å². The molecule has 0 saturated heterocycles. The molecular formula is C21H21N. The summed E-state index contributed by atoms with van der Waals surface area (Å²) in [5.41, 5.74) is 4.40.